The van der Waals surface area contributed by atoms with Gasteiger partial charge in [0.25, 0.3) is 11.8 Å². The van der Waals surface area contributed by atoms with Gasteiger partial charge in [0.05, 0.1) is 34.6 Å². The lowest BCUT2D eigenvalue weighted by Crippen LogP contribution is -2.29. The van der Waals surface area contributed by atoms with Gasteiger partial charge in [-0.25, -0.2) is 4.98 Å². The molecule has 0 unspecified atom stereocenters. The SMILES string of the molecule is CCCN(CCC)Cc1nnc(-c2ncn3c2[C@@H]2CCCN2C(=O)c2c(Cl)cccc2-3)o1.Cl. The molecule has 1 aromatic carbocycles. The van der Waals surface area contributed by atoms with Gasteiger partial charge in [0.2, 0.25) is 5.89 Å². The topological polar surface area (TPSA) is 80.3 Å². The molecule has 0 spiro atoms. The van der Waals surface area contributed by atoms with E-state index in [9.17, 15) is 4.79 Å². The van der Waals surface area contributed by atoms with E-state index in [1.807, 2.05) is 21.6 Å². The summed E-state index contributed by atoms with van der Waals surface area (Å²) in [7, 11) is 0. The zero-order valence-electron chi connectivity index (χ0n) is 18.8. The Morgan fingerprint density at radius 1 is 1.21 bits per heavy atom. The fourth-order valence-corrected chi connectivity index (χ4v) is 5.15. The van der Waals surface area contributed by atoms with E-state index >= 15 is 0 Å². The Kier molecular flexibility index (Phi) is 7.07. The molecule has 1 atom stereocenters. The fraction of sp³-hybridized carbons (Fsp3) is 0.478. The van der Waals surface area contributed by atoms with Crippen LogP contribution in [0.25, 0.3) is 17.3 Å². The molecule has 2 aliphatic heterocycles. The highest BCUT2D eigenvalue weighted by atomic mass is 35.5. The number of carbonyl (C=O) groups is 1. The van der Waals surface area contributed by atoms with Crippen molar-refractivity contribution in [2.24, 2.45) is 0 Å². The largest absolute Gasteiger partial charge is 0.418 e. The second-order valence-corrected chi connectivity index (χ2v) is 8.82. The summed E-state index contributed by atoms with van der Waals surface area (Å²) in [6.45, 7) is 7.63. The van der Waals surface area contributed by atoms with E-state index in [0.29, 0.717) is 41.2 Å². The number of hydrogen-bond donors (Lipinski definition) is 0. The van der Waals surface area contributed by atoms with Gasteiger partial charge in [0.1, 0.15) is 6.33 Å². The van der Waals surface area contributed by atoms with Crippen molar-refractivity contribution >= 4 is 29.9 Å². The molecule has 1 amide bonds. The van der Waals surface area contributed by atoms with Crippen LogP contribution in [-0.4, -0.2) is 55.1 Å². The summed E-state index contributed by atoms with van der Waals surface area (Å²) < 4.78 is 8.04. The van der Waals surface area contributed by atoms with Crippen molar-refractivity contribution in [3.63, 3.8) is 0 Å². The highest BCUT2D eigenvalue weighted by Gasteiger charge is 2.40. The van der Waals surface area contributed by atoms with Gasteiger partial charge in [-0.1, -0.05) is 31.5 Å². The lowest BCUT2D eigenvalue weighted by atomic mass is 10.1. The van der Waals surface area contributed by atoms with E-state index in [1.54, 1.807) is 12.4 Å². The van der Waals surface area contributed by atoms with Crippen molar-refractivity contribution in [1.29, 1.82) is 0 Å². The number of fused-ring (bicyclic) bond motifs is 5. The Morgan fingerprint density at radius 3 is 2.76 bits per heavy atom. The minimum absolute atomic E-state index is 0. The van der Waals surface area contributed by atoms with Crippen LogP contribution in [0.2, 0.25) is 5.02 Å². The third-order valence-electron chi connectivity index (χ3n) is 6.21. The maximum absolute atomic E-state index is 13.4. The molecule has 1 fully saturated rings. The second kappa shape index (κ2) is 9.83. The zero-order chi connectivity index (χ0) is 22.2. The molecule has 33 heavy (non-hydrogen) atoms. The number of amides is 1. The molecule has 0 bridgehead atoms. The van der Waals surface area contributed by atoms with Crippen molar-refractivity contribution in [2.45, 2.75) is 52.1 Å². The van der Waals surface area contributed by atoms with Crippen LogP contribution in [0.15, 0.2) is 28.9 Å². The van der Waals surface area contributed by atoms with Gasteiger partial charge >= 0.3 is 0 Å². The van der Waals surface area contributed by atoms with Crippen LogP contribution in [0.5, 0.6) is 0 Å². The number of carbonyl (C=O) groups excluding carboxylic acids is 1. The molecule has 0 radical (unpaired) electrons. The van der Waals surface area contributed by atoms with E-state index < -0.39 is 0 Å². The maximum Gasteiger partial charge on any atom is 0.268 e. The highest BCUT2D eigenvalue weighted by Crippen LogP contribution is 2.43. The predicted molar refractivity (Wildman–Crippen MR) is 128 cm³/mol. The molecule has 176 valence electrons. The van der Waals surface area contributed by atoms with E-state index in [0.717, 1.165) is 50.2 Å². The third kappa shape index (κ3) is 4.16. The molecular weight excluding hydrogens is 463 g/mol. The van der Waals surface area contributed by atoms with Crippen LogP contribution < -0.4 is 0 Å². The first-order valence-electron chi connectivity index (χ1n) is 11.3. The monoisotopic (exact) mass is 490 g/mol. The van der Waals surface area contributed by atoms with Crippen molar-refractivity contribution in [1.82, 2.24) is 29.5 Å². The minimum Gasteiger partial charge on any atom is -0.418 e. The Labute approximate surface area is 204 Å². The lowest BCUT2D eigenvalue weighted by Gasteiger charge is -2.22. The molecule has 8 nitrogen and oxygen atoms in total. The molecule has 0 saturated carbocycles. The Balaban J connectivity index is 0.00000259. The zero-order valence-corrected chi connectivity index (χ0v) is 20.4. The average molecular weight is 491 g/mol. The van der Waals surface area contributed by atoms with Gasteiger partial charge in [0.15, 0.2) is 5.69 Å². The van der Waals surface area contributed by atoms with Crippen LogP contribution in [0.1, 0.15) is 67.5 Å². The minimum atomic E-state index is -0.101. The summed E-state index contributed by atoms with van der Waals surface area (Å²) in [5.41, 5.74) is 2.80. The number of hydrogen-bond acceptors (Lipinski definition) is 6. The number of aromatic nitrogens is 4. The van der Waals surface area contributed by atoms with Gasteiger partial charge < -0.3 is 9.32 Å². The molecular formula is C23H28Cl2N6O2. The van der Waals surface area contributed by atoms with Crippen LogP contribution in [0.4, 0.5) is 0 Å². The summed E-state index contributed by atoms with van der Waals surface area (Å²) >= 11 is 6.47. The first kappa shape index (κ1) is 23.7. The Morgan fingerprint density at radius 2 is 2.00 bits per heavy atom. The molecule has 0 N–H and O–H groups in total. The number of halogens is 2. The summed E-state index contributed by atoms with van der Waals surface area (Å²) in [6, 6.07) is 5.42. The second-order valence-electron chi connectivity index (χ2n) is 8.42. The fourth-order valence-electron chi connectivity index (χ4n) is 4.90. The van der Waals surface area contributed by atoms with Crippen molar-refractivity contribution in [3.05, 3.63) is 46.7 Å². The van der Waals surface area contributed by atoms with Gasteiger partial charge in [-0.2, -0.15) is 0 Å². The first-order valence-corrected chi connectivity index (χ1v) is 11.7. The molecule has 2 aromatic heterocycles. The van der Waals surface area contributed by atoms with E-state index in [4.69, 9.17) is 16.0 Å². The third-order valence-corrected chi connectivity index (χ3v) is 6.52. The molecule has 3 aromatic rings. The predicted octanol–water partition coefficient (Wildman–Crippen LogP) is 4.91. The quantitative estimate of drug-likeness (QED) is 0.467. The van der Waals surface area contributed by atoms with Crippen molar-refractivity contribution in [2.75, 3.05) is 19.6 Å². The van der Waals surface area contributed by atoms with Gasteiger partial charge in [-0.05, 0) is 50.9 Å². The lowest BCUT2D eigenvalue weighted by molar-refractivity contribution is 0.0739. The molecule has 2 aliphatic rings. The average Bonchev–Trinajstić information content (AvgIpc) is 3.51. The number of imidazole rings is 1. The molecule has 1 saturated heterocycles. The summed E-state index contributed by atoms with van der Waals surface area (Å²) in [5, 5.41) is 9.08. The number of nitrogens with zero attached hydrogens (tertiary/aromatic N) is 6. The van der Waals surface area contributed by atoms with Crippen molar-refractivity contribution < 1.29 is 9.21 Å². The van der Waals surface area contributed by atoms with Gasteiger partial charge in [-0.3, -0.25) is 14.3 Å². The molecule has 4 heterocycles. The smallest absolute Gasteiger partial charge is 0.268 e. The molecule has 5 rings (SSSR count). The summed E-state index contributed by atoms with van der Waals surface area (Å²) in [4.78, 5) is 22.2. The maximum atomic E-state index is 13.4. The molecule has 10 heteroatoms. The number of rotatable bonds is 7. The van der Waals surface area contributed by atoms with E-state index in [-0.39, 0.29) is 24.4 Å². The Hall–Kier alpha value is -2.42. The van der Waals surface area contributed by atoms with Gasteiger partial charge in [0, 0.05) is 6.54 Å². The van der Waals surface area contributed by atoms with E-state index in [1.165, 1.54) is 0 Å². The van der Waals surface area contributed by atoms with Crippen LogP contribution in [0.3, 0.4) is 0 Å². The van der Waals surface area contributed by atoms with Crippen molar-refractivity contribution in [3.8, 4) is 17.3 Å². The van der Waals surface area contributed by atoms with E-state index in [2.05, 4.69) is 33.9 Å². The highest BCUT2D eigenvalue weighted by molar-refractivity contribution is 6.34. The summed E-state index contributed by atoms with van der Waals surface area (Å²) in [6.07, 6.45) is 5.67. The standard InChI is InChI=1S/C23H27ClN6O2.ClH/c1-3-10-28(11-4-2)13-18-26-27-22(32-18)20-21-17-9-6-12-29(17)23(31)19-15(24)7-5-8-16(19)30(21)14-25-20;/h5,7-8,14,17H,3-4,6,9-13H2,1-2H3;1H/t17-;/m0./s1. The molecule has 0 aliphatic carbocycles. The first-order chi connectivity index (χ1) is 15.6. The normalized spacial score (nSPS) is 16.9. The van der Waals surface area contributed by atoms with Crippen LogP contribution in [0, 0.1) is 0 Å². The van der Waals surface area contributed by atoms with Crippen LogP contribution in [-0.2, 0) is 6.54 Å². The summed E-state index contributed by atoms with van der Waals surface area (Å²) in [5.74, 6) is 0.940. The van der Waals surface area contributed by atoms with Crippen LogP contribution >= 0.6 is 24.0 Å². The Bertz CT molecular complexity index is 1140. The number of benzene rings is 1. The van der Waals surface area contributed by atoms with Gasteiger partial charge in [-0.15, -0.1) is 22.6 Å².